The van der Waals surface area contributed by atoms with E-state index in [2.05, 4.69) is 42.6 Å². The van der Waals surface area contributed by atoms with Gasteiger partial charge in [0, 0.05) is 10.7 Å². The van der Waals surface area contributed by atoms with Crippen LogP contribution in [-0.4, -0.2) is 0 Å². The summed E-state index contributed by atoms with van der Waals surface area (Å²) in [6, 6.07) is 15.3. The van der Waals surface area contributed by atoms with Crippen LogP contribution >= 0.6 is 11.6 Å². The van der Waals surface area contributed by atoms with Crippen molar-refractivity contribution < 1.29 is 0 Å². The first-order chi connectivity index (χ1) is 9.74. The fourth-order valence-electron chi connectivity index (χ4n) is 3.05. The predicted molar refractivity (Wildman–Crippen MR) is 86.5 cm³/mol. The van der Waals surface area contributed by atoms with Crippen molar-refractivity contribution in [3.8, 4) is 0 Å². The monoisotopic (exact) mass is 285 g/mol. The van der Waals surface area contributed by atoms with Crippen LogP contribution in [0, 0.1) is 6.92 Å². The molecule has 0 aliphatic heterocycles. The molecule has 104 valence electrons. The van der Waals surface area contributed by atoms with Crippen molar-refractivity contribution in [3.05, 3.63) is 64.2 Å². The summed E-state index contributed by atoms with van der Waals surface area (Å²) in [6.45, 7) is 2.11. The van der Waals surface area contributed by atoms with Crippen LogP contribution in [0.25, 0.3) is 0 Å². The van der Waals surface area contributed by atoms with Crippen molar-refractivity contribution >= 4 is 17.3 Å². The molecular weight excluding hydrogens is 266 g/mol. The minimum atomic E-state index is 0.411. The Balaban J connectivity index is 1.90. The maximum absolute atomic E-state index is 6.04. The maximum atomic E-state index is 6.04. The predicted octanol–water partition coefficient (Wildman–Crippen LogP) is 5.53. The number of anilines is 1. The zero-order valence-corrected chi connectivity index (χ0v) is 12.6. The molecular formula is C18H20ClN. The summed E-state index contributed by atoms with van der Waals surface area (Å²) in [5.74, 6) is 0. The molecule has 1 aliphatic rings. The summed E-state index contributed by atoms with van der Waals surface area (Å²) >= 11 is 6.04. The lowest BCUT2D eigenvalue weighted by Gasteiger charge is -2.22. The van der Waals surface area contributed by atoms with Crippen LogP contribution < -0.4 is 5.32 Å². The van der Waals surface area contributed by atoms with E-state index in [1.807, 2.05) is 12.1 Å². The second-order valence-electron chi connectivity index (χ2n) is 5.60. The zero-order chi connectivity index (χ0) is 13.9. The van der Waals surface area contributed by atoms with E-state index in [1.165, 1.54) is 48.1 Å². The van der Waals surface area contributed by atoms with Crippen molar-refractivity contribution in [1.82, 2.24) is 0 Å². The third kappa shape index (κ3) is 2.83. The number of halogens is 1. The summed E-state index contributed by atoms with van der Waals surface area (Å²) in [4.78, 5) is 0. The molecule has 1 unspecified atom stereocenters. The van der Waals surface area contributed by atoms with Crippen molar-refractivity contribution in [2.75, 3.05) is 5.32 Å². The van der Waals surface area contributed by atoms with Crippen molar-refractivity contribution in [3.63, 3.8) is 0 Å². The summed E-state index contributed by atoms with van der Waals surface area (Å²) in [5, 5.41) is 4.51. The molecule has 0 bridgehead atoms. The van der Waals surface area contributed by atoms with Crippen LogP contribution in [0.3, 0.4) is 0 Å². The first-order valence-corrected chi connectivity index (χ1v) is 7.72. The normalized spacial score (nSPS) is 18.2. The van der Waals surface area contributed by atoms with E-state index in [9.17, 15) is 0 Å². The first kappa shape index (κ1) is 13.5. The van der Waals surface area contributed by atoms with Gasteiger partial charge in [-0.05, 0) is 61.1 Å². The van der Waals surface area contributed by atoms with E-state index < -0.39 is 0 Å². The lowest BCUT2D eigenvalue weighted by atomic mass is 9.98. The second kappa shape index (κ2) is 5.88. The smallest absolute Gasteiger partial charge is 0.0516 e. The van der Waals surface area contributed by atoms with E-state index in [0.29, 0.717) is 6.04 Å². The Labute approximate surface area is 126 Å². The molecule has 0 amide bonds. The number of benzene rings is 2. The Morgan fingerprint density at radius 3 is 2.80 bits per heavy atom. The highest BCUT2D eigenvalue weighted by atomic mass is 35.5. The van der Waals surface area contributed by atoms with Gasteiger partial charge in [-0.15, -0.1) is 0 Å². The van der Waals surface area contributed by atoms with Crippen molar-refractivity contribution in [2.45, 2.75) is 38.6 Å². The topological polar surface area (TPSA) is 12.0 Å². The van der Waals surface area contributed by atoms with E-state index in [-0.39, 0.29) is 0 Å². The molecule has 3 rings (SSSR count). The molecule has 0 aromatic heterocycles. The Hall–Kier alpha value is -1.47. The third-order valence-electron chi connectivity index (χ3n) is 4.14. The van der Waals surface area contributed by atoms with Crippen LogP contribution in [0.5, 0.6) is 0 Å². The fraction of sp³-hybridized carbons (Fsp3) is 0.333. The lowest BCUT2D eigenvalue weighted by molar-refractivity contribution is 0.644. The fourth-order valence-corrected chi connectivity index (χ4v) is 3.27. The summed E-state index contributed by atoms with van der Waals surface area (Å²) in [5.41, 5.74) is 5.35. The van der Waals surface area contributed by atoms with Gasteiger partial charge in [0.05, 0.1) is 6.04 Å². The molecule has 2 aromatic rings. The highest BCUT2D eigenvalue weighted by molar-refractivity contribution is 6.30. The molecule has 2 aromatic carbocycles. The van der Waals surface area contributed by atoms with E-state index in [4.69, 9.17) is 11.6 Å². The minimum Gasteiger partial charge on any atom is -0.378 e. The molecule has 1 N–H and O–H groups in total. The molecule has 0 saturated heterocycles. The van der Waals surface area contributed by atoms with Gasteiger partial charge in [-0.25, -0.2) is 0 Å². The van der Waals surface area contributed by atoms with Gasteiger partial charge in [0.2, 0.25) is 0 Å². The summed E-state index contributed by atoms with van der Waals surface area (Å²) in [6.07, 6.45) is 4.96. The Kier molecular flexibility index (Phi) is 3.98. The highest BCUT2D eigenvalue weighted by Gasteiger charge is 2.18. The van der Waals surface area contributed by atoms with Crippen molar-refractivity contribution in [1.29, 1.82) is 0 Å². The quantitative estimate of drug-likeness (QED) is 0.716. The van der Waals surface area contributed by atoms with Gasteiger partial charge < -0.3 is 5.32 Å². The molecule has 1 nitrogen and oxygen atoms in total. The summed E-state index contributed by atoms with van der Waals surface area (Å²) in [7, 11) is 0. The zero-order valence-electron chi connectivity index (χ0n) is 11.8. The maximum Gasteiger partial charge on any atom is 0.0516 e. The second-order valence-corrected chi connectivity index (χ2v) is 6.04. The molecule has 0 fully saturated rings. The SMILES string of the molecule is Cc1cc(Cl)ccc1NC1CCCCc2ccccc21. The van der Waals surface area contributed by atoms with Gasteiger partial charge in [0.25, 0.3) is 0 Å². The van der Waals surface area contributed by atoms with Crippen LogP contribution in [0.15, 0.2) is 42.5 Å². The minimum absolute atomic E-state index is 0.411. The van der Waals surface area contributed by atoms with Gasteiger partial charge in [-0.1, -0.05) is 42.3 Å². The molecule has 0 spiro atoms. The number of hydrogen-bond acceptors (Lipinski definition) is 1. The summed E-state index contributed by atoms with van der Waals surface area (Å²) < 4.78 is 0. The molecule has 1 atom stereocenters. The Morgan fingerprint density at radius 2 is 1.95 bits per heavy atom. The molecule has 0 radical (unpaired) electrons. The van der Waals surface area contributed by atoms with Crippen LogP contribution in [0.2, 0.25) is 5.02 Å². The van der Waals surface area contributed by atoms with Crippen LogP contribution in [0.4, 0.5) is 5.69 Å². The number of nitrogens with one attached hydrogen (secondary N) is 1. The lowest BCUT2D eigenvalue weighted by Crippen LogP contribution is -2.12. The van der Waals surface area contributed by atoms with E-state index in [1.54, 1.807) is 0 Å². The van der Waals surface area contributed by atoms with Crippen molar-refractivity contribution in [2.24, 2.45) is 0 Å². The molecule has 0 heterocycles. The highest BCUT2D eigenvalue weighted by Crippen LogP contribution is 2.32. The molecule has 2 heteroatoms. The number of fused-ring (bicyclic) bond motifs is 1. The van der Waals surface area contributed by atoms with E-state index >= 15 is 0 Å². The van der Waals surface area contributed by atoms with E-state index in [0.717, 1.165) is 5.02 Å². The number of rotatable bonds is 2. The first-order valence-electron chi connectivity index (χ1n) is 7.34. The third-order valence-corrected chi connectivity index (χ3v) is 4.37. The average molecular weight is 286 g/mol. The van der Waals surface area contributed by atoms with Crippen LogP contribution in [0.1, 0.15) is 42.0 Å². The van der Waals surface area contributed by atoms with Crippen LogP contribution in [-0.2, 0) is 6.42 Å². The van der Waals surface area contributed by atoms with Gasteiger partial charge in [0.1, 0.15) is 0 Å². The van der Waals surface area contributed by atoms with Gasteiger partial charge in [-0.3, -0.25) is 0 Å². The van der Waals surface area contributed by atoms with Gasteiger partial charge in [-0.2, -0.15) is 0 Å². The standard InChI is InChI=1S/C18H20ClN/c1-13-12-15(19)10-11-17(13)20-18-9-5-3-7-14-6-2-4-8-16(14)18/h2,4,6,8,10-12,18,20H,3,5,7,9H2,1H3. The molecule has 1 aliphatic carbocycles. The largest absolute Gasteiger partial charge is 0.378 e. The van der Waals surface area contributed by atoms with Gasteiger partial charge in [0.15, 0.2) is 0 Å². The molecule has 0 saturated carbocycles. The molecule has 20 heavy (non-hydrogen) atoms. The number of aryl methyl sites for hydroxylation is 2. The van der Waals surface area contributed by atoms with Gasteiger partial charge >= 0.3 is 0 Å². The Morgan fingerprint density at radius 1 is 1.10 bits per heavy atom. The number of hydrogen-bond donors (Lipinski definition) is 1. The Bertz CT molecular complexity index is 606. The average Bonchev–Trinajstić information content (AvgIpc) is 2.65.